The number of hydrogen-bond donors (Lipinski definition) is 2. The van der Waals surface area contributed by atoms with Crippen molar-refractivity contribution in [1.82, 2.24) is 15.5 Å². The van der Waals surface area contributed by atoms with Crippen LogP contribution in [0.25, 0.3) is 0 Å². The van der Waals surface area contributed by atoms with E-state index in [0.29, 0.717) is 12.1 Å². The topological polar surface area (TPSA) is 48.9 Å². The van der Waals surface area contributed by atoms with E-state index in [1.54, 1.807) is 0 Å². The summed E-state index contributed by atoms with van der Waals surface area (Å²) in [5.74, 6) is 0.928. The van der Waals surface area contributed by atoms with Crippen molar-refractivity contribution in [2.75, 3.05) is 39.4 Å². The second kappa shape index (κ2) is 9.15. The van der Waals surface area contributed by atoms with Gasteiger partial charge in [0.15, 0.2) is 5.96 Å². The van der Waals surface area contributed by atoms with E-state index < -0.39 is 0 Å². The van der Waals surface area contributed by atoms with E-state index in [9.17, 15) is 0 Å². The van der Waals surface area contributed by atoms with Crippen molar-refractivity contribution in [3.8, 4) is 0 Å². The van der Waals surface area contributed by atoms with Crippen molar-refractivity contribution in [3.05, 3.63) is 0 Å². The largest absolute Gasteiger partial charge is 0.379 e. The molecule has 0 spiro atoms. The molecule has 5 nitrogen and oxygen atoms in total. The van der Waals surface area contributed by atoms with E-state index in [1.165, 1.54) is 0 Å². The summed E-state index contributed by atoms with van der Waals surface area (Å²) in [7, 11) is 0. The molecule has 2 N–H and O–H groups in total. The lowest BCUT2D eigenvalue weighted by Gasteiger charge is -2.37. The molecule has 1 saturated heterocycles. The summed E-state index contributed by atoms with van der Waals surface area (Å²) < 4.78 is 5.48. The van der Waals surface area contributed by atoms with Gasteiger partial charge in [0.25, 0.3) is 0 Å². The van der Waals surface area contributed by atoms with Crippen LogP contribution in [0.1, 0.15) is 34.1 Å². The molecule has 0 aromatic heterocycles. The summed E-state index contributed by atoms with van der Waals surface area (Å²) >= 11 is 0. The SMILES string of the molecule is CCCNC(=NCC(C)N1CCOCC1C)NCC. The van der Waals surface area contributed by atoms with Crippen molar-refractivity contribution in [2.45, 2.75) is 46.2 Å². The Morgan fingerprint density at radius 2 is 2.21 bits per heavy atom. The Morgan fingerprint density at radius 3 is 2.84 bits per heavy atom. The van der Waals surface area contributed by atoms with Gasteiger partial charge in [0, 0.05) is 31.7 Å². The maximum absolute atomic E-state index is 5.48. The molecule has 1 heterocycles. The fourth-order valence-electron chi connectivity index (χ4n) is 2.31. The molecule has 2 atom stereocenters. The van der Waals surface area contributed by atoms with Gasteiger partial charge in [-0.1, -0.05) is 6.92 Å². The van der Waals surface area contributed by atoms with E-state index in [-0.39, 0.29) is 0 Å². The lowest BCUT2D eigenvalue weighted by molar-refractivity contribution is -0.0165. The molecule has 1 aliphatic heterocycles. The van der Waals surface area contributed by atoms with Crippen LogP contribution in [-0.2, 0) is 4.74 Å². The molecule has 0 bridgehead atoms. The highest BCUT2D eigenvalue weighted by Crippen LogP contribution is 2.10. The fraction of sp³-hybridized carbons (Fsp3) is 0.929. The van der Waals surface area contributed by atoms with Gasteiger partial charge in [-0.2, -0.15) is 0 Å². The third kappa shape index (κ3) is 5.78. The predicted octanol–water partition coefficient (Wildman–Crippen LogP) is 1.06. The minimum absolute atomic E-state index is 0.455. The first-order chi connectivity index (χ1) is 9.19. The summed E-state index contributed by atoms with van der Waals surface area (Å²) in [6, 6.07) is 0.945. The maximum Gasteiger partial charge on any atom is 0.191 e. The van der Waals surface area contributed by atoms with Crippen LogP contribution in [0.5, 0.6) is 0 Å². The van der Waals surface area contributed by atoms with Crippen molar-refractivity contribution in [2.24, 2.45) is 4.99 Å². The number of hydrogen-bond acceptors (Lipinski definition) is 3. The second-order valence-electron chi connectivity index (χ2n) is 5.16. The van der Waals surface area contributed by atoms with Crippen molar-refractivity contribution in [3.63, 3.8) is 0 Å². The first kappa shape index (κ1) is 16.2. The number of nitrogens with zero attached hydrogens (tertiary/aromatic N) is 2. The summed E-state index contributed by atoms with van der Waals surface area (Å²) in [4.78, 5) is 7.16. The zero-order chi connectivity index (χ0) is 14.1. The molecule has 0 aliphatic carbocycles. The minimum atomic E-state index is 0.455. The Balaban J connectivity index is 2.45. The molecular weight excluding hydrogens is 240 g/mol. The molecule has 1 fully saturated rings. The van der Waals surface area contributed by atoms with Crippen LogP contribution in [0, 0.1) is 0 Å². The normalized spacial score (nSPS) is 23.2. The highest BCUT2D eigenvalue weighted by Gasteiger charge is 2.23. The van der Waals surface area contributed by atoms with E-state index in [4.69, 9.17) is 4.74 Å². The van der Waals surface area contributed by atoms with Crippen LogP contribution in [0.3, 0.4) is 0 Å². The number of guanidine groups is 1. The molecule has 0 amide bonds. The van der Waals surface area contributed by atoms with Gasteiger partial charge in [0.2, 0.25) is 0 Å². The van der Waals surface area contributed by atoms with Crippen LogP contribution in [0.15, 0.2) is 4.99 Å². The molecule has 0 radical (unpaired) electrons. The standard InChI is InChI=1S/C14H30N4O/c1-5-7-16-14(15-6-2)17-10-12(3)18-8-9-19-11-13(18)4/h12-13H,5-11H2,1-4H3,(H2,15,16,17). The van der Waals surface area contributed by atoms with Crippen LogP contribution in [0.4, 0.5) is 0 Å². The first-order valence-corrected chi connectivity index (χ1v) is 7.54. The Kier molecular flexibility index (Phi) is 7.82. The number of nitrogens with one attached hydrogen (secondary N) is 2. The smallest absolute Gasteiger partial charge is 0.191 e. The van der Waals surface area contributed by atoms with Crippen LogP contribution in [-0.4, -0.2) is 62.3 Å². The molecule has 0 saturated carbocycles. The van der Waals surface area contributed by atoms with Crippen molar-refractivity contribution < 1.29 is 4.74 Å². The van der Waals surface area contributed by atoms with Gasteiger partial charge in [-0.3, -0.25) is 9.89 Å². The van der Waals surface area contributed by atoms with E-state index in [1.807, 2.05) is 0 Å². The molecule has 2 unspecified atom stereocenters. The lowest BCUT2D eigenvalue weighted by atomic mass is 10.2. The van der Waals surface area contributed by atoms with Crippen molar-refractivity contribution >= 4 is 5.96 Å². The lowest BCUT2D eigenvalue weighted by Crippen LogP contribution is -2.49. The molecule has 0 aromatic carbocycles. The zero-order valence-corrected chi connectivity index (χ0v) is 12.9. The zero-order valence-electron chi connectivity index (χ0n) is 12.9. The van der Waals surface area contributed by atoms with E-state index in [2.05, 4.69) is 48.2 Å². The number of rotatable bonds is 6. The average Bonchev–Trinajstić information content (AvgIpc) is 2.42. The Hall–Kier alpha value is -0.810. The molecular formula is C14H30N4O. The molecule has 19 heavy (non-hydrogen) atoms. The second-order valence-corrected chi connectivity index (χ2v) is 5.16. The Bertz CT molecular complexity index is 270. The van der Waals surface area contributed by atoms with Gasteiger partial charge < -0.3 is 15.4 Å². The maximum atomic E-state index is 5.48. The van der Waals surface area contributed by atoms with Crippen molar-refractivity contribution in [1.29, 1.82) is 0 Å². The molecule has 5 heteroatoms. The van der Waals surface area contributed by atoms with E-state index in [0.717, 1.165) is 51.8 Å². The predicted molar refractivity (Wildman–Crippen MR) is 80.7 cm³/mol. The quantitative estimate of drug-likeness (QED) is 0.560. The summed E-state index contributed by atoms with van der Waals surface area (Å²) in [5, 5.41) is 6.62. The van der Waals surface area contributed by atoms with E-state index >= 15 is 0 Å². The summed E-state index contributed by atoms with van der Waals surface area (Å²) in [6.45, 7) is 14.1. The molecule has 1 rings (SSSR count). The molecule has 112 valence electrons. The third-order valence-corrected chi connectivity index (χ3v) is 3.39. The fourth-order valence-corrected chi connectivity index (χ4v) is 2.31. The third-order valence-electron chi connectivity index (χ3n) is 3.39. The van der Waals surface area contributed by atoms with Crippen LogP contribution in [0.2, 0.25) is 0 Å². The van der Waals surface area contributed by atoms with Crippen LogP contribution >= 0.6 is 0 Å². The monoisotopic (exact) mass is 270 g/mol. The van der Waals surface area contributed by atoms with Crippen LogP contribution < -0.4 is 10.6 Å². The molecule has 1 aliphatic rings. The van der Waals surface area contributed by atoms with Gasteiger partial charge in [-0.25, -0.2) is 0 Å². The average molecular weight is 270 g/mol. The van der Waals surface area contributed by atoms with Gasteiger partial charge in [-0.05, 0) is 27.2 Å². The first-order valence-electron chi connectivity index (χ1n) is 7.54. The number of aliphatic imine (C=N–C) groups is 1. The van der Waals surface area contributed by atoms with Gasteiger partial charge in [0.05, 0.1) is 19.8 Å². The van der Waals surface area contributed by atoms with Gasteiger partial charge >= 0.3 is 0 Å². The minimum Gasteiger partial charge on any atom is -0.379 e. The summed E-state index contributed by atoms with van der Waals surface area (Å²) in [5.41, 5.74) is 0. The number of morpholine rings is 1. The van der Waals surface area contributed by atoms with Gasteiger partial charge in [-0.15, -0.1) is 0 Å². The highest BCUT2D eigenvalue weighted by atomic mass is 16.5. The summed E-state index contributed by atoms with van der Waals surface area (Å²) in [6.07, 6.45) is 1.11. The van der Waals surface area contributed by atoms with Gasteiger partial charge in [0.1, 0.15) is 0 Å². The number of ether oxygens (including phenoxy) is 1. The molecule has 0 aromatic rings. The Labute approximate surface area is 117 Å². The Morgan fingerprint density at radius 1 is 1.42 bits per heavy atom. The highest BCUT2D eigenvalue weighted by molar-refractivity contribution is 5.79.